The zero-order valence-electron chi connectivity index (χ0n) is 57.2. The van der Waals surface area contributed by atoms with Gasteiger partial charge in [-0.15, -0.1) is 0 Å². The van der Waals surface area contributed by atoms with Crippen molar-refractivity contribution in [2.75, 3.05) is 72.0 Å². The lowest BCUT2D eigenvalue weighted by molar-refractivity contribution is 0.0466. The number of rotatable bonds is 72. The Morgan fingerprint density at radius 2 is 0.398 bits per heavy atom. The lowest BCUT2D eigenvalue weighted by atomic mass is 10.0. The van der Waals surface area contributed by atoms with E-state index in [2.05, 4.69) is 54.6 Å². The highest BCUT2D eigenvalue weighted by Crippen LogP contribution is 2.19. The molecule has 0 rings (SSSR count). The van der Waals surface area contributed by atoms with Gasteiger partial charge in [-0.2, -0.15) is 0 Å². The molecule has 0 aromatic heterocycles. The molecule has 0 bridgehead atoms. The van der Waals surface area contributed by atoms with Crippen LogP contribution >= 0.6 is 0 Å². The SMILES string of the molecule is CCCCCCCCCCCCC(O)CNCCN(CCN(CC(O)CCCCCCCCCC)CC(O)CCCCCCCCCCCC)CCN(CC(O)CCCCCCCCCCCC)CC(O)CCCCCCCCCCCC. The minimum atomic E-state index is -0.407. The first-order chi connectivity index (χ1) is 40.7. The van der Waals surface area contributed by atoms with E-state index in [0.717, 1.165) is 103 Å². The van der Waals surface area contributed by atoms with Crippen LogP contribution in [0.5, 0.6) is 0 Å². The molecule has 5 unspecified atom stereocenters. The zero-order valence-corrected chi connectivity index (χ0v) is 57.2. The van der Waals surface area contributed by atoms with Gasteiger partial charge < -0.3 is 30.8 Å². The molecule has 0 aromatic rings. The number of nitrogens with one attached hydrogen (secondary N) is 1. The van der Waals surface area contributed by atoms with E-state index in [9.17, 15) is 25.5 Å². The molecule has 0 aromatic carbocycles. The fourth-order valence-electron chi connectivity index (χ4n) is 12.6. The van der Waals surface area contributed by atoms with Crippen LogP contribution in [0.1, 0.15) is 375 Å². The topological polar surface area (TPSA) is 123 Å². The molecule has 0 aliphatic heterocycles. The van der Waals surface area contributed by atoms with Gasteiger partial charge in [0.05, 0.1) is 30.5 Å². The summed E-state index contributed by atoms with van der Waals surface area (Å²) in [4.78, 5) is 7.25. The van der Waals surface area contributed by atoms with Crippen molar-refractivity contribution in [3.63, 3.8) is 0 Å². The molecule has 83 heavy (non-hydrogen) atoms. The van der Waals surface area contributed by atoms with Crippen LogP contribution in [0.2, 0.25) is 0 Å². The van der Waals surface area contributed by atoms with E-state index in [1.165, 1.54) is 276 Å². The number of aliphatic hydroxyl groups excluding tert-OH is 5. The summed E-state index contributed by atoms with van der Waals surface area (Å²) >= 11 is 0. The van der Waals surface area contributed by atoms with Gasteiger partial charge in [0.25, 0.3) is 0 Å². The molecule has 0 saturated heterocycles. The second-order valence-corrected chi connectivity index (χ2v) is 27.0. The van der Waals surface area contributed by atoms with Gasteiger partial charge in [0.15, 0.2) is 0 Å². The van der Waals surface area contributed by atoms with Crippen molar-refractivity contribution in [2.45, 2.75) is 405 Å². The average Bonchev–Trinajstić information content (AvgIpc) is 3.49. The predicted molar refractivity (Wildman–Crippen MR) is 365 cm³/mol. The van der Waals surface area contributed by atoms with Crippen molar-refractivity contribution >= 4 is 0 Å². The highest BCUT2D eigenvalue weighted by Gasteiger charge is 2.21. The molecule has 5 atom stereocenters. The minimum absolute atomic E-state index is 0.336. The largest absolute Gasteiger partial charge is 0.392 e. The van der Waals surface area contributed by atoms with E-state index in [1.807, 2.05) is 0 Å². The molecule has 9 heteroatoms. The molecule has 0 aliphatic carbocycles. The van der Waals surface area contributed by atoms with Crippen LogP contribution in [0.15, 0.2) is 0 Å². The minimum Gasteiger partial charge on any atom is -0.392 e. The maximum atomic E-state index is 11.6. The Morgan fingerprint density at radius 1 is 0.217 bits per heavy atom. The summed E-state index contributed by atoms with van der Waals surface area (Å²) in [6, 6.07) is 0. The Hall–Kier alpha value is -0.360. The quantitative estimate of drug-likeness (QED) is 0.0331. The first kappa shape index (κ1) is 82.6. The molecular formula is C74H154N4O5. The molecule has 0 aliphatic rings. The highest BCUT2D eigenvalue weighted by molar-refractivity contribution is 4.76. The zero-order chi connectivity index (χ0) is 60.6. The maximum absolute atomic E-state index is 11.6. The van der Waals surface area contributed by atoms with Gasteiger partial charge in [-0.05, 0) is 32.1 Å². The molecule has 6 N–H and O–H groups in total. The summed E-state index contributed by atoms with van der Waals surface area (Å²) in [5.74, 6) is 0. The van der Waals surface area contributed by atoms with Crippen LogP contribution < -0.4 is 5.32 Å². The fraction of sp³-hybridized carbons (Fsp3) is 1.00. The number of aliphatic hydroxyl groups is 5. The Bertz CT molecular complexity index is 1170. The Balaban J connectivity index is 5.99. The van der Waals surface area contributed by atoms with Crippen LogP contribution in [0.3, 0.4) is 0 Å². The van der Waals surface area contributed by atoms with Crippen LogP contribution in [0.25, 0.3) is 0 Å². The first-order valence-electron chi connectivity index (χ1n) is 38.0. The van der Waals surface area contributed by atoms with E-state index < -0.39 is 24.4 Å². The third kappa shape index (κ3) is 63.0. The molecule has 0 heterocycles. The van der Waals surface area contributed by atoms with Crippen LogP contribution in [-0.4, -0.2) is 143 Å². The normalized spacial score (nSPS) is 14.0. The van der Waals surface area contributed by atoms with Crippen LogP contribution in [0.4, 0.5) is 0 Å². The van der Waals surface area contributed by atoms with Gasteiger partial charge in [0.2, 0.25) is 0 Å². The van der Waals surface area contributed by atoms with Gasteiger partial charge in [0, 0.05) is 72.0 Å². The Labute approximate surface area is 520 Å². The molecular weight excluding hydrogens is 1020 g/mol. The summed E-state index contributed by atoms with van der Waals surface area (Å²) in [5.41, 5.74) is 0. The number of nitrogens with zero attached hydrogens (tertiary/aromatic N) is 3. The molecule has 0 fully saturated rings. The van der Waals surface area contributed by atoms with Gasteiger partial charge in [-0.3, -0.25) is 14.7 Å². The van der Waals surface area contributed by atoms with Crippen molar-refractivity contribution < 1.29 is 25.5 Å². The summed E-state index contributed by atoms with van der Waals surface area (Å²) in [7, 11) is 0. The fourth-order valence-corrected chi connectivity index (χ4v) is 12.6. The summed E-state index contributed by atoms with van der Waals surface area (Å²) in [6.45, 7) is 19.2. The van der Waals surface area contributed by atoms with Gasteiger partial charge in [-0.25, -0.2) is 0 Å². The smallest absolute Gasteiger partial charge is 0.0667 e. The molecule has 0 spiro atoms. The third-order valence-electron chi connectivity index (χ3n) is 18.3. The lowest BCUT2D eigenvalue weighted by Gasteiger charge is -2.33. The average molecular weight is 1180 g/mol. The van der Waals surface area contributed by atoms with Crippen molar-refractivity contribution in [3.05, 3.63) is 0 Å². The van der Waals surface area contributed by atoms with E-state index in [-0.39, 0.29) is 6.10 Å². The summed E-state index contributed by atoms with van der Waals surface area (Å²) < 4.78 is 0. The summed E-state index contributed by atoms with van der Waals surface area (Å²) in [5, 5.41) is 60.9. The number of unbranched alkanes of at least 4 members (excludes halogenated alkanes) is 43. The number of hydrogen-bond acceptors (Lipinski definition) is 9. The lowest BCUT2D eigenvalue weighted by Crippen LogP contribution is -2.47. The standard InChI is InChI=1S/C74H154N4O5/c1-6-11-16-21-26-31-35-40-44-49-54-70(79)65-75-59-60-76(61-63-77(66-71(80)55-50-45-39-30-25-20-15-10-5)67-72(81)56-51-46-41-36-32-27-22-17-12-7-2)62-64-78(68-73(82)57-52-47-42-37-33-28-23-18-13-8-3)69-74(83)58-53-48-43-38-34-29-24-19-14-9-4/h70-75,79-83H,6-69H2,1-5H3. The molecule has 0 amide bonds. The van der Waals surface area contributed by atoms with Gasteiger partial charge in [-0.1, -0.05) is 343 Å². The van der Waals surface area contributed by atoms with Crippen molar-refractivity contribution in [3.8, 4) is 0 Å². The highest BCUT2D eigenvalue weighted by atomic mass is 16.3. The van der Waals surface area contributed by atoms with Gasteiger partial charge >= 0.3 is 0 Å². The number of hydrogen-bond donors (Lipinski definition) is 6. The van der Waals surface area contributed by atoms with E-state index in [4.69, 9.17) is 0 Å². The maximum Gasteiger partial charge on any atom is 0.0667 e. The molecule has 0 radical (unpaired) electrons. The van der Waals surface area contributed by atoms with E-state index in [1.54, 1.807) is 0 Å². The summed E-state index contributed by atoms with van der Waals surface area (Å²) in [6.07, 6.45) is 63.9. The predicted octanol–water partition coefficient (Wildman–Crippen LogP) is 19.1. The second-order valence-electron chi connectivity index (χ2n) is 27.0. The van der Waals surface area contributed by atoms with E-state index >= 15 is 0 Å². The van der Waals surface area contributed by atoms with E-state index in [0.29, 0.717) is 32.7 Å². The van der Waals surface area contributed by atoms with Crippen molar-refractivity contribution in [2.24, 2.45) is 0 Å². The van der Waals surface area contributed by atoms with Crippen LogP contribution in [-0.2, 0) is 0 Å². The first-order valence-corrected chi connectivity index (χ1v) is 38.0. The Morgan fingerprint density at radius 3 is 0.614 bits per heavy atom. The second kappa shape index (κ2) is 67.6. The molecule has 500 valence electrons. The third-order valence-corrected chi connectivity index (χ3v) is 18.3. The monoisotopic (exact) mass is 1180 g/mol. The molecule has 9 nitrogen and oxygen atoms in total. The van der Waals surface area contributed by atoms with Crippen molar-refractivity contribution in [1.82, 2.24) is 20.0 Å². The van der Waals surface area contributed by atoms with Crippen LogP contribution in [0, 0.1) is 0 Å². The Kier molecular flexibility index (Phi) is 67.3. The van der Waals surface area contributed by atoms with Crippen molar-refractivity contribution in [1.29, 1.82) is 0 Å². The molecule has 0 saturated carbocycles. The van der Waals surface area contributed by atoms with Gasteiger partial charge in [0.1, 0.15) is 0 Å².